The molecule has 0 bridgehead atoms. The Bertz CT molecular complexity index is 476. The van der Waals surface area contributed by atoms with E-state index in [2.05, 4.69) is 15.9 Å². The molecule has 6 heteroatoms. The van der Waals surface area contributed by atoms with E-state index in [9.17, 15) is 9.18 Å². The van der Waals surface area contributed by atoms with Crippen molar-refractivity contribution in [2.45, 2.75) is 25.8 Å². The van der Waals surface area contributed by atoms with Crippen molar-refractivity contribution in [1.82, 2.24) is 4.90 Å². The molecule has 0 aliphatic carbocycles. The SMILES string of the molecule is CC(N)C1CCN(C(=O)c2cc(F)ccc2Br)CC1.Cl. The summed E-state index contributed by atoms with van der Waals surface area (Å²) in [6.07, 6.45) is 1.83. The van der Waals surface area contributed by atoms with Gasteiger partial charge in [-0.25, -0.2) is 4.39 Å². The quantitative estimate of drug-likeness (QED) is 0.875. The van der Waals surface area contributed by atoms with E-state index in [0.29, 0.717) is 29.0 Å². The monoisotopic (exact) mass is 364 g/mol. The fourth-order valence-electron chi connectivity index (χ4n) is 2.46. The highest BCUT2D eigenvalue weighted by molar-refractivity contribution is 9.10. The van der Waals surface area contributed by atoms with E-state index in [0.717, 1.165) is 12.8 Å². The summed E-state index contributed by atoms with van der Waals surface area (Å²) in [6.45, 7) is 3.38. The topological polar surface area (TPSA) is 46.3 Å². The number of carbonyl (C=O) groups excluding carboxylic acids is 1. The van der Waals surface area contributed by atoms with Gasteiger partial charge in [-0.15, -0.1) is 12.4 Å². The van der Waals surface area contributed by atoms with Crippen molar-refractivity contribution < 1.29 is 9.18 Å². The van der Waals surface area contributed by atoms with Gasteiger partial charge in [-0.05, 0) is 59.8 Å². The molecule has 0 radical (unpaired) electrons. The number of hydrogen-bond acceptors (Lipinski definition) is 2. The van der Waals surface area contributed by atoms with Crippen LogP contribution < -0.4 is 5.73 Å². The Morgan fingerprint density at radius 1 is 1.45 bits per heavy atom. The van der Waals surface area contributed by atoms with Crippen molar-refractivity contribution >= 4 is 34.2 Å². The molecule has 1 aliphatic rings. The van der Waals surface area contributed by atoms with E-state index in [1.54, 1.807) is 11.0 Å². The lowest BCUT2D eigenvalue weighted by Gasteiger charge is -2.33. The Morgan fingerprint density at radius 3 is 2.60 bits per heavy atom. The van der Waals surface area contributed by atoms with Crippen molar-refractivity contribution in [3.8, 4) is 0 Å². The van der Waals surface area contributed by atoms with Gasteiger partial charge in [-0.1, -0.05) is 0 Å². The van der Waals surface area contributed by atoms with Gasteiger partial charge in [0.05, 0.1) is 5.56 Å². The lowest BCUT2D eigenvalue weighted by Crippen LogP contribution is -2.42. The van der Waals surface area contributed by atoms with Crippen molar-refractivity contribution in [1.29, 1.82) is 0 Å². The van der Waals surface area contributed by atoms with E-state index < -0.39 is 5.82 Å². The van der Waals surface area contributed by atoms with Crippen LogP contribution in [0.3, 0.4) is 0 Å². The summed E-state index contributed by atoms with van der Waals surface area (Å²) in [6, 6.07) is 4.35. The van der Waals surface area contributed by atoms with Crippen molar-refractivity contribution in [2.24, 2.45) is 11.7 Å². The largest absolute Gasteiger partial charge is 0.339 e. The number of benzene rings is 1. The first-order valence-corrected chi connectivity index (χ1v) is 7.28. The molecular formula is C14H19BrClFN2O. The van der Waals surface area contributed by atoms with E-state index in [-0.39, 0.29) is 24.4 Å². The predicted molar refractivity (Wildman–Crippen MR) is 83.6 cm³/mol. The first-order valence-electron chi connectivity index (χ1n) is 6.49. The molecule has 1 heterocycles. The summed E-state index contributed by atoms with van der Waals surface area (Å²) in [5.41, 5.74) is 6.27. The Labute approximate surface area is 133 Å². The fourth-order valence-corrected chi connectivity index (χ4v) is 2.88. The molecule has 1 saturated heterocycles. The first kappa shape index (κ1) is 17.4. The second-order valence-corrected chi connectivity index (χ2v) is 5.97. The van der Waals surface area contributed by atoms with Crippen LogP contribution in [0.25, 0.3) is 0 Å². The van der Waals surface area contributed by atoms with Crippen LogP contribution in [0.15, 0.2) is 22.7 Å². The van der Waals surface area contributed by atoms with Crippen molar-refractivity contribution in [3.05, 3.63) is 34.1 Å². The van der Waals surface area contributed by atoms with Gasteiger partial charge < -0.3 is 10.6 Å². The molecule has 0 spiro atoms. The normalized spacial score (nSPS) is 17.5. The number of carbonyl (C=O) groups is 1. The molecule has 2 N–H and O–H groups in total. The number of nitrogens with two attached hydrogens (primary N) is 1. The molecule has 1 aliphatic heterocycles. The molecule has 20 heavy (non-hydrogen) atoms. The average molecular weight is 366 g/mol. The van der Waals surface area contributed by atoms with Gasteiger partial charge in [0.15, 0.2) is 0 Å². The summed E-state index contributed by atoms with van der Waals surface area (Å²) < 4.78 is 13.9. The zero-order valence-corrected chi connectivity index (χ0v) is 13.7. The van der Waals surface area contributed by atoms with Gasteiger partial charge in [-0.2, -0.15) is 0 Å². The number of halogens is 3. The molecule has 1 amide bonds. The highest BCUT2D eigenvalue weighted by Gasteiger charge is 2.26. The number of nitrogens with zero attached hydrogens (tertiary/aromatic N) is 1. The maximum Gasteiger partial charge on any atom is 0.255 e. The molecule has 3 nitrogen and oxygen atoms in total. The third-order valence-corrected chi connectivity index (χ3v) is 4.42. The minimum atomic E-state index is -0.392. The highest BCUT2D eigenvalue weighted by Crippen LogP contribution is 2.24. The summed E-state index contributed by atoms with van der Waals surface area (Å²) in [4.78, 5) is 14.1. The summed E-state index contributed by atoms with van der Waals surface area (Å²) in [5, 5.41) is 0. The molecule has 1 aromatic rings. The van der Waals surface area contributed by atoms with E-state index in [1.807, 2.05) is 6.92 Å². The lowest BCUT2D eigenvalue weighted by molar-refractivity contribution is 0.0679. The number of hydrogen-bond donors (Lipinski definition) is 1. The maximum absolute atomic E-state index is 13.2. The zero-order chi connectivity index (χ0) is 14.0. The van der Waals surface area contributed by atoms with Gasteiger partial charge in [0.2, 0.25) is 0 Å². The molecule has 1 aromatic carbocycles. The second-order valence-electron chi connectivity index (χ2n) is 5.11. The summed E-state index contributed by atoms with van der Waals surface area (Å²) in [7, 11) is 0. The highest BCUT2D eigenvalue weighted by atomic mass is 79.9. The second kappa shape index (κ2) is 7.38. The molecule has 0 saturated carbocycles. The standard InChI is InChI=1S/C14H18BrFN2O.ClH/c1-9(17)10-4-6-18(7-5-10)14(19)12-8-11(16)2-3-13(12)15;/h2-3,8-10H,4-7,17H2,1H3;1H. The minimum Gasteiger partial charge on any atom is -0.339 e. The fraction of sp³-hybridized carbons (Fsp3) is 0.500. The molecule has 112 valence electrons. The number of rotatable bonds is 2. The number of likely N-dealkylation sites (tertiary alicyclic amines) is 1. The minimum absolute atomic E-state index is 0. The van der Waals surface area contributed by atoms with Crippen LogP contribution in [0.5, 0.6) is 0 Å². The van der Waals surface area contributed by atoms with Crippen LogP contribution in [0.4, 0.5) is 4.39 Å². The van der Waals surface area contributed by atoms with E-state index in [1.165, 1.54) is 12.1 Å². The average Bonchev–Trinajstić information content (AvgIpc) is 2.41. The first-order chi connectivity index (χ1) is 8.99. The molecule has 1 unspecified atom stereocenters. The number of amides is 1. The van der Waals surface area contributed by atoms with Crippen LogP contribution >= 0.6 is 28.3 Å². The van der Waals surface area contributed by atoms with Gasteiger partial charge in [0.1, 0.15) is 5.82 Å². The van der Waals surface area contributed by atoms with Crippen LogP contribution in [-0.2, 0) is 0 Å². The van der Waals surface area contributed by atoms with Crippen LogP contribution in [0, 0.1) is 11.7 Å². The molecule has 0 aromatic heterocycles. The van der Waals surface area contributed by atoms with E-state index >= 15 is 0 Å². The Balaban J connectivity index is 0.00000200. The van der Waals surface area contributed by atoms with Gasteiger partial charge in [0, 0.05) is 23.6 Å². The Hall–Kier alpha value is -0.650. The molecular weight excluding hydrogens is 347 g/mol. The summed E-state index contributed by atoms with van der Waals surface area (Å²) >= 11 is 3.30. The Morgan fingerprint density at radius 2 is 2.05 bits per heavy atom. The predicted octanol–water partition coefficient (Wildman–Crippen LogP) is 3.21. The maximum atomic E-state index is 13.2. The molecule has 2 rings (SSSR count). The smallest absolute Gasteiger partial charge is 0.255 e. The van der Waals surface area contributed by atoms with Crippen LogP contribution in [0.1, 0.15) is 30.1 Å². The molecule has 1 atom stereocenters. The molecule has 1 fully saturated rings. The summed E-state index contributed by atoms with van der Waals surface area (Å²) in [5.74, 6) is -0.0356. The van der Waals surface area contributed by atoms with E-state index in [4.69, 9.17) is 5.73 Å². The third-order valence-electron chi connectivity index (χ3n) is 3.73. The van der Waals surface area contributed by atoms with Gasteiger partial charge >= 0.3 is 0 Å². The van der Waals surface area contributed by atoms with Crippen molar-refractivity contribution in [3.63, 3.8) is 0 Å². The van der Waals surface area contributed by atoms with Gasteiger partial charge in [-0.3, -0.25) is 4.79 Å². The van der Waals surface area contributed by atoms with Crippen molar-refractivity contribution in [2.75, 3.05) is 13.1 Å². The van der Waals surface area contributed by atoms with Gasteiger partial charge in [0.25, 0.3) is 5.91 Å². The Kier molecular flexibility index (Phi) is 6.43. The number of piperidine rings is 1. The van der Waals surface area contributed by atoms with Crippen LogP contribution in [-0.4, -0.2) is 29.9 Å². The van der Waals surface area contributed by atoms with Crippen LogP contribution in [0.2, 0.25) is 0 Å². The zero-order valence-electron chi connectivity index (χ0n) is 11.3. The third kappa shape index (κ3) is 3.93. The lowest BCUT2D eigenvalue weighted by atomic mass is 9.90.